The van der Waals surface area contributed by atoms with E-state index in [-0.39, 0.29) is 0 Å². The van der Waals surface area contributed by atoms with Crippen molar-refractivity contribution in [1.82, 2.24) is 19.5 Å². The number of rotatable bonds is 7. The average Bonchev–Trinajstić information content (AvgIpc) is 2.93. The first-order valence-corrected chi connectivity index (χ1v) is 7.42. The van der Waals surface area contributed by atoms with Crippen molar-refractivity contribution in [1.29, 1.82) is 0 Å². The molecule has 1 N–H and O–H groups in total. The molecule has 0 aliphatic carbocycles. The zero-order valence-corrected chi connectivity index (χ0v) is 12.6. The van der Waals surface area contributed by atoms with E-state index in [0.717, 1.165) is 55.5 Å². The molecule has 0 saturated heterocycles. The van der Waals surface area contributed by atoms with Crippen molar-refractivity contribution in [2.75, 3.05) is 11.9 Å². The number of anilines is 1. The Balaban J connectivity index is 2.38. The topological polar surface area (TPSA) is 55.6 Å². The Hall–Kier alpha value is -1.91. The third-order valence-corrected chi connectivity index (χ3v) is 3.07. The van der Waals surface area contributed by atoms with Crippen LogP contribution in [0, 0.1) is 0 Å². The fraction of sp³-hybridized carbons (Fsp3) is 0.533. The van der Waals surface area contributed by atoms with Crippen LogP contribution < -0.4 is 5.32 Å². The Morgan fingerprint density at radius 2 is 2.00 bits per heavy atom. The fourth-order valence-corrected chi connectivity index (χ4v) is 2.09. The molecule has 0 amide bonds. The largest absolute Gasteiger partial charge is 0.370 e. The first-order chi connectivity index (χ1) is 9.78. The van der Waals surface area contributed by atoms with Crippen LogP contribution in [0.1, 0.15) is 45.3 Å². The van der Waals surface area contributed by atoms with Crippen LogP contribution in [0.15, 0.2) is 18.5 Å². The zero-order chi connectivity index (χ0) is 14.4. The Kier molecular flexibility index (Phi) is 5.09. The maximum absolute atomic E-state index is 4.65. The Bertz CT molecular complexity index is 547. The standard InChI is InChI=1S/C15H23N5/c1-4-7-12-18-13(16-8-5-2)11-15(19-12)20-10-9-17-14(20)6-3/h9-11H,4-8H2,1-3H3,(H,16,18,19). The van der Waals surface area contributed by atoms with Crippen LogP contribution in [0.2, 0.25) is 0 Å². The minimum atomic E-state index is 0.887. The number of hydrogen-bond acceptors (Lipinski definition) is 4. The molecule has 0 bridgehead atoms. The summed E-state index contributed by atoms with van der Waals surface area (Å²) in [5.74, 6) is 3.71. The van der Waals surface area contributed by atoms with Crippen LogP contribution in [-0.4, -0.2) is 26.1 Å². The van der Waals surface area contributed by atoms with Gasteiger partial charge in [-0.3, -0.25) is 4.57 Å². The molecule has 0 radical (unpaired) electrons. The molecule has 5 heteroatoms. The number of nitrogens with one attached hydrogen (secondary N) is 1. The maximum Gasteiger partial charge on any atom is 0.143 e. The molecule has 0 fully saturated rings. The van der Waals surface area contributed by atoms with Crippen molar-refractivity contribution in [3.05, 3.63) is 30.1 Å². The van der Waals surface area contributed by atoms with Crippen LogP contribution in [0.5, 0.6) is 0 Å². The van der Waals surface area contributed by atoms with Gasteiger partial charge in [0.05, 0.1) is 0 Å². The van der Waals surface area contributed by atoms with Gasteiger partial charge < -0.3 is 5.32 Å². The first kappa shape index (κ1) is 14.5. The van der Waals surface area contributed by atoms with E-state index in [1.807, 2.05) is 23.0 Å². The molecular formula is C15H23N5. The number of hydrogen-bond donors (Lipinski definition) is 1. The Morgan fingerprint density at radius 1 is 1.15 bits per heavy atom. The summed E-state index contributed by atoms with van der Waals surface area (Å²) in [4.78, 5) is 13.6. The molecule has 2 rings (SSSR count). The number of imidazole rings is 1. The zero-order valence-electron chi connectivity index (χ0n) is 12.6. The smallest absolute Gasteiger partial charge is 0.143 e. The number of aryl methyl sites for hydroxylation is 2. The van der Waals surface area contributed by atoms with E-state index >= 15 is 0 Å². The molecule has 108 valence electrons. The van der Waals surface area contributed by atoms with Gasteiger partial charge in [-0.05, 0) is 12.8 Å². The van der Waals surface area contributed by atoms with Gasteiger partial charge in [0, 0.05) is 37.8 Å². The highest BCUT2D eigenvalue weighted by atomic mass is 15.1. The monoisotopic (exact) mass is 273 g/mol. The molecule has 2 heterocycles. The van der Waals surface area contributed by atoms with Gasteiger partial charge in [0.25, 0.3) is 0 Å². The highest BCUT2D eigenvalue weighted by Crippen LogP contribution is 2.14. The van der Waals surface area contributed by atoms with E-state index in [2.05, 4.69) is 41.0 Å². The lowest BCUT2D eigenvalue weighted by atomic mass is 10.3. The van der Waals surface area contributed by atoms with Crippen LogP contribution in [0.4, 0.5) is 5.82 Å². The maximum atomic E-state index is 4.65. The summed E-state index contributed by atoms with van der Waals surface area (Å²) in [6, 6.07) is 2.00. The lowest BCUT2D eigenvalue weighted by Gasteiger charge is -2.11. The molecule has 0 unspecified atom stereocenters. The third-order valence-electron chi connectivity index (χ3n) is 3.07. The van der Waals surface area contributed by atoms with Crippen molar-refractivity contribution in [2.45, 2.75) is 46.5 Å². The Morgan fingerprint density at radius 3 is 2.70 bits per heavy atom. The molecule has 0 saturated carbocycles. The summed E-state index contributed by atoms with van der Waals surface area (Å²) in [7, 11) is 0. The van der Waals surface area contributed by atoms with Gasteiger partial charge in [-0.15, -0.1) is 0 Å². The summed E-state index contributed by atoms with van der Waals surface area (Å²) < 4.78 is 2.04. The highest BCUT2D eigenvalue weighted by Gasteiger charge is 2.08. The summed E-state index contributed by atoms with van der Waals surface area (Å²) in [6.07, 6.45) is 7.68. The van der Waals surface area contributed by atoms with Gasteiger partial charge in [0.1, 0.15) is 23.3 Å². The summed E-state index contributed by atoms with van der Waals surface area (Å²) >= 11 is 0. The molecule has 20 heavy (non-hydrogen) atoms. The van der Waals surface area contributed by atoms with Crippen molar-refractivity contribution in [3.8, 4) is 5.82 Å². The molecule has 0 atom stereocenters. The van der Waals surface area contributed by atoms with E-state index in [1.165, 1.54) is 0 Å². The predicted molar refractivity (Wildman–Crippen MR) is 81.3 cm³/mol. The van der Waals surface area contributed by atoms with Gasteiger partial charge in [-0.1, -0.05) is 20.8 Å². The summed E-state index contributed by atoms with van der Waals surface area (Å²) in [5, 5.41) is 3.35. The summed E-state index contributed by atoms with van der Waals surface area (Å²) in [6.45, 7) is 7.31. The van der Waals surface area contributed by atoms with Crippen molar-refractivity contribution >= 4 is 5.82 Å². The minimum Gasteiger partial charge on any atom is -0.370 e. The van der Waals surface area contributed by atoms with Crippen molar-refractivity contribution < 1.29 is 0 Å². The van der Waals surface area contributed by atoms with Crippen LogP contribution >= 0.6 is 0 Å². The van der Waals surface area contributed by atoms with Gasteiger partial charge >= 0.3 is 0 Å². The van der Waals surface area contributed by atoms with E-state index in [1.54, 1.807) is 0 Å². The molecule has 5 nitrogen and oxygen atoms in total. The number of aromatic nitrogens is 4. The quantitative estimate of drug-likeness (QED) is 0.842. The molecule has 2 aromatic rings. The summed E-state index contributed by atoms with van der Waals surface area (Å²) in [5.41, 5.74) is 0. The van der Waals surface area contributed by atoms with Crippen molar-refractivity contribution in [3.63, 3.8) is 0 Å². The van der Waals surface area contributed by atoms with Gasteiger partial charge in [0.2, 0.25) is 0 Å². The number of nitrogens with zero attached hydrogens (tertiary/aromatic N) is 4. The van der Waals surface area contributed by atoms with E-state index in [4.69, 9.17) is 0 Å². The Labute approximate surface area is 120 Å². The van der Waals surface area contributed by atoms with Gasteiger partial charge in [-0.25, -0.2) is 15.0 Å². The van der Waals surface area contributed by atoms with Crippen LogP contribution in [-0.2, 0) is 12.8 Å². The third kappa shape index (κ3) is 3.35. The van der Waals surface area contributed by atoms with E-state index in [9.17, 15) is 0 Å². The second-order valence-electron chi connectivity index (χ2n) is 4.77. The molecular weight excluding hydrogens is 250 g/mol. The minimum absolute atomic E-state index is 0.887. The molecule has 0 spiro atoms. The van der Waals surface area contributed by atoms with Crippen molar-refractivity contribution in [2.24, 2.45) is 0 Å². The molecule has 0 aromatic carbocycles. The van der Waals surface area contributed by atoms with Gasteiger partial charge in [-0.2, -0.15) is 0 Å². The fourth-order valence-electron chi connectivity index (χ4n) is 2.09. The second kappa shape index (κ2) is 7.03. The van der Waals surface area contributed by atoms with Crippen LogP contribution in [0.3, 0.4) is 0 Å². The molecule has 2 aromatic heterocycles. The predicted octanol–water partition coefficient (Wildman–Crippen LogP) is 3.00. The average molecular weight is 273 g/mol. The molecule has 0 aliphatic rings. The van der Waals surface area contributed by atoms with E-state index < -0.39 is 0 Å². The van der Waals surface area contributed by atoms with Crippen LogP contribution in [0.25, 0.3) is 5.82 Å². The SMILES string of the molecule is CCCNc1cc(-n2ccnc2CC)nc(CCC)n1. The van der Waals surface area contributed by atoms with E-state index in [0.29, 0.717) is 0 Å². The first-order valence-electron chi connectivity index (χ1n) is 7.42. The second-order valence-corrected chi connectivity index (χ2v) is 4.77. The lowest BCUT2D eigenvalue weighted by Crippen LogP contribution is -2.09. The van der Waals surface area contributed by atoms with Gasteiger partial charge in [0.15, 0.2) is 0 Å². The lowest BCUT2D eigenvalue weighted by molar-refractivity contribution is 0.798. The normalized spacial score (nSPS) is 10.8. The molecule has 0 aliphatic heterocycles. The highest BCUT2D eigenvalue weighted by molar-refractivity contribution is 5.42.